The number of nitrogens with zero attached hydrogens (tertiary/aromatic N) is 3. The SMILES string of the molecule is COCc1ccccc1NC(N)=NCc1ccccc1Cn1cccn1. The van der Waals surface area contributed by atoms with E-state index in [2.05, 4.69) is 27.5 Å². The fraction of sp³-hybridized carbons (Fsp3) is 0.200. The highest BCUT2D eigenvalue weighted by Crippen LogP contribution is 2.16. The first kappa shape index (κ1) is 17.7. The van der Waals surface area contributed by atoms with Gasteiger partial charge in [0.05, 0.1) is 19.7 Å². The van der Waals surface area contributed by atoms with Crippen LogP contribution in [0.5, 0.6) is 0 Å². The Labute approximate surface area is 153 Å². The van der Waals surface area contributed by atoms with Crippen molar-refractivity contribution in [1.29, 1.82) is 0 Å². The minimum Gasteiger partial charge on any atom is -0.380 e. The average Bonchev–Trinajstić information content (AvgIpc) is 3.16. The van der Waals surface area contributed by atoms with Crippen LogP contribution < -0.4 is 11.1 Å². The number of nitrogens with one attached hydrogen (secondary N) is 1. The molecule has 0 saturated carbocycles. The lowest BCUT2D eigenvalue weighted by Gasteiger charge is -2.12. The lowest BCUT2D eigenvalue weighted by molar-refractivity contribution is 0.185. The molecule has 0 unspecified atom stereocenters. The van der Waals surface area contributed by atoms with Crippen LogP contribution in [0.4, 0.5) is 5.69 Å². The third kappa shape index (κ3) is 4.70. The molecule has 1 heterocycles. The summed E-state index contributed by atoms with van der Waals surface area (Å²) < 4.78 is 7.11. The van der Waals surface area contributed by atoms with Crippen LogP contribution in [0.25, 0.3) is 0 Å². The second-order valence-corrected chi connectivity index (χ2v) is 5.89. The molecule has 26 heavy (non-hydrogen) atoms. The monoisotopic (exact) mass is 349 g/mol. The van der Waals surface area contributed by atoms with Crippen LogP contribution in [0.1, 0.15) is 16.7 Å². The number of methoxy groups -OCH3 is 1. The van der Waals surface area contributed by atoms with Crippen LogP contribution in [0.15, 0.2) is 72.0 Å². The first-order chi connectivity index (χ1) is 12.8. The highest BCUT2D eigenvalue weighted by molar-refractivity contribution is 5.92. The number of nitrogens with two attached hydrogens (primary N) is 1. The summed E-state index contributed by atoms with van der Waals surface area (Å²) in [5, 5.41) is 7.42. The molecular formula is C20H23N5O. The van der Waals surface area contributed by atoms with E-state index in [1.54, 1.807) is 13.3 Å². The molecule has 0 spiro atoms. The van der Waals surface area contributed by atoms with Crippen LogP contribution in [0.2, 0.25) is 0 Å². The van der Waals surface area contributed by atoms with Crippen LogP contribution in [-0.4, -0.2) is 22.8 Å². The van der Waals surface area contributed by atoms with Crippen LogP contribution >= 0.6 is 0 Å². The maximum atomic E-state index is 6.09. The van der Waals surface area contributed by atoms with Crippen molar-refractivity contribution < 1.29 is 4.74 Å². The second-order valence-electron chi connectivity index (χ2n) is 5.89. The number of guanidine groups is 1. The molecule has 0 bridgehead atoms. The first-order valence-corrected chi connectivity index (χ1v) is 8.44. The number of anilines is 1. The molecule has 3 aromatic rings. The Balaban J connectivity index is 1.70. The summed E-state index contributed by atoms with van der Waals surface area (Å²) in [5.41, 5.74) is 10.3. The molecule has 6 heteroatoms. The molecule has 2 aromatic carbocycles. The smallest absolute Gasteiger partial charge is 0.193 e. The molecule has 3 N–H and O–H groups in total. The van der Waals surface area contributed by atoms with Crippen molar-refractivity contribution in [2.24, 2.45) is 10.7 Å². The molecule has 0 saturated heterocycles. The predicted molar refractivity (Wildman–Crippen MR) is 104 cm³/mol. The molecule has 0 amide bonds. The van der Waals surface area contributed by atoms with E-state index in [0.717, 1.165) is 16.8 Å². The van der Waals surface area contributed by atoms with Gasteiger partial charge in [-0.3, -0.25) is 4.68 Å². The number of aromatic nitrogens is 2. The number of hydrogen-bond donors (Lipinski definition) is 2. The predicted octanol–water partition coefficient (Wildman–Crippen LogP) is 3.00. The molecule has 0 aliphatic carbocycles. The van der Waals surface area contributed by atoms with Crippen molar-refractivity contribution in [1.82, 2.24) is 9.78 Å². The molecular weight excluding hydrogens is 326 g/mol. The minimum atomic E-state index is 0.377. The van der Waals surface area contributed by atoms with Crippen molar-refractivity contribution in [2.75, 3.05) is 12.4 Å². The summed E-state index contributed by atoms with van der Waals surface area (Å²) in [5.74, 6) is 0.377. The van der Waals surface area contributed by atoms with E-state index in [9.17, 15) is 0 Å². The highest BCUT2D eigenvalue weighted by atomic mass is 16.5. The van der Waals surface area contributed by atoms with Gasteiger partial charge in [0.25, 0.3) is 0 Å². The Bertz CT molecular complexity index is 858. The van der Waals surface area contributed by atoms with Crippen LogP contribution in [0.3, 0.4) is 0 Å². The largest absolute Gasteiger partial charge is 0.380 e. The van der Waals surface area contributed by atoms with Crippen molar-refractivity contribution in [3.63, 3.8) is 0 Å². The Morgan fingerprint density at radius 1 is 1.08 bits per heavy atom. The average molecular weight is 349 g/mol. The molecule has 0 atom stereocenters. The summed E-state index contributed by atoms with van der Waals surface area (Å²) in [6.45, 7) is 1.73. The molecule has 3 rings (SSSR count). The number of para-hydroxylation sites is 1. The Morgan fingerprint density at radius 3 is 2.54 bits per heavy atom. The fourth-order valence-corrected chi connectivity index (χ4v) is 2.71. The summed E-state index contributed by atoms with van der Waals surface area (Å²) in [6, 6.07) is 18.0. The van der Waals surface area contributed by atoms with Crippen LogP contribution in [-0.2, 0) is 24.4 Å². The normalized spacial score (nSPS) is 11.5. The zero-order chi connectivity index (χ0) is 18.2. The Hall–Kier alpha value is -3.12. The topological polar surface area (TPSA) is 77.5 Å². The summed E-state index contributed by atoms with van der Waals surface area (Å²) in [6.07, 6.45) is 3.73. The quantitative estimate of drug-likeness (QED) is 0.508. The van der Waals surface area contributed by atoms with E-state index >= 15 is 0 Å². The van der Waals surface area contributed by atoms with Crippen molar-refractivity contribution in [3.05, 3.63) is 83.7 Å². The van der Waals surface area contributed by atoms with E-state index in [4.69, 9.17) is 10.5 Å². The zero-order valence-electron chi connectivity index (χ0n) is 14.8. The van der Waals surface area contributed by atoms with Gasteiger partial charge < -0.3 is 15.8 Å². The fourth-order valence-electron chi connectivity index (χ4n) is 2.71. The van der Waals surface area contributed by atoms with E-state index in [1.807, 2.05) is 53.3 Å². The number of ether oxygens (including phenoxy) is 1. The van der Waals surface area contributed by atoms with Crippen molar-refractivity contribution in [2.45, 2.75) is 19.7 Å². The third-order valence-electron chi connectivity index (χ3n) is 4.01. The summed E-state index contributed by atoms with van der Waals surface area (Å²) >= 11 is 0. The maximum absolute atomic E-state index is 6.09. The molecule has 1 aromatic heterocycles. The third-order valence-corrected chi connectivity index (χ3v) is 4.01. The van der Waals surface area contributed by atoms with E-state index in [0.29, 0.717) is 25.7 Å². The van der Waals surface area contributed by atoms with Gasteiger partial charge in [0, 0.05) is 30.8 Å². The van der Waals surface area contributed by atoms with Crippen molar-refractivity contribution in [3.8, 4) is 0 Å². The molecule has 0 aliphatic rings. The number of benzene rings is 2. The lowest BCUT2D eigenvalue weighted by atomic mass is 10.1. The summed E-state index contributed by atoms with van der Waals surface area (Å²) in [7, 11) is 1.67. The summed E-state index contributed by atoms with van der Waals surface area (Å²) in [4.78, 5) is 4.49. The Kier molecular flexibility index (Phi) is 6.01. The van der Waals surface area contributed by atoms with E-state index < -0.39 is 0 Å². The van der Waals surface area contributed by atoms with Crippen molar-refractivity contribution >= 4 is 11.6 Å². The van der Waals surface area contributed by atoms with Gasteiger partial charge in [-0.25, -0.2) is 4.99 Å². The molecule has 0 fully saturated rings. The van der Waals surface area contributed by atoms with Gasteiger partial charge in [0.2, 0.25) is 0 Å². The van der Waals surface area contributed by atoms with Crippen LogP contribution in [0, 0.1) is 0 Å². The van der Waals surface area contributed by atoms with Gasteiger partial charge in [-0.15, -0.1) is 0 Å². The van der Waals surface area contributed by atoms with E-state index in [1.165, 1.54) is 5.56 Å². The number of rotatable bonds is 7. The molecule has 0 radical (unpaired) electrons. The van der Waals surface area contributed by atoms with Gasteiger partial charge in [-0.05, 0) is 23.3 Å². The Morgan fingerprint density at radius 2 is 1.81 bits per heavy atom. The molecule has 134 valence electrons. The van der Waals surface area contributed by atoms with Gasteiger partial charge in [0.15, 0.2) is 5.96 Å². The van der Waals surface area contributed by atoms with E-state index in [-0.39, 0.29) is 0 Å². The highest BCUT2D eigenvalue weighted by Gasteiger charge is 2.05. The number of aliphatic imine (C=N–C) groups is 1. The first-order valence-electron chi connectivity index (χ1n) is 8.44. The van der Waals surface area contributed by atoms with Gasteiger partial charge in [-0.1, -0.05) is 42.5 Å². The van der Waals surface area contributed by atoms with Gasteiger partial charge in [-0.2, -0.15) is 5.10 Å². The number of hydrogen-bond acceptors (Lipinski definition) is 3. The maximum Gasteiger partial charge on any atom is 0.193 e. The molecule has 0 aliphatic heterocycles. The minimum absolute atomic E-state index is 0.377. The zero-order valence-corrected chi connectivity index (χ0v) is 14.8. The standard InChI is InChI=1S/C20H23N5O/c1-26-15-18-9-4-5-10-19(18)24-20(21)22-13-16-7-2-3-8-17(16)14-25-12-6-11-23-25/h2-12H,13-15H2,1H3,(H3,21,22,24). The second kappa shape index (κ2) is 8.82. The van der Waals surface area contributed by atoms with Gasteiger partial charge in [0.1, 0.15) is 0 Å². The lowest BCUT2D eigenvalue weighted by Crippen LogP contribution is -2.23. The molecule has 6 nitrogen and oxygen atoms in total. The van der Waals surface area contributed by atoms with Gasteiger partial charge >= 0.3 is 0 Å².